The smallest absolute Gasteiger partial charge is 0.445 e. The van der Waals surface area contributed by atoms with Crippen LogP contribution in [-0.2, 0) is 11.3 Å². The number of carbonyl (C=O) groups excluding carboxylic acids is 2. The highest BCUT2D eigenvalue weighted by molar-refractivity contribution is 5.98. The molecule has 2 fully saturated rings. The van der Waals surface area contributed by atoms with Gasteiger partial charge in [0.25, 0.3) is 0 Å². The Morgan fingerprint density at radius 3 is 2.16 bits per heavy atom. The van der Waals surface area contributed by atoms with Gasteiger partial charge in [0.15, 0.2) is 5.78 Å². The van der Waals surface area contributed by atoms with Crippen molar-refractivity contribution in [3.05, 3.63) is 65.7 Å². The summed E-state index contributed by atoms with van der Waals surface area (Å²) in [6.07, 6.45) is -1.48. The zero-order chi connectivity index (χ0) is 22.7. The van der Waals surface area contributed by atoms with Crippen molar-refractivity contribution in [1.82, 2.24) is 4.90 Å². The number of hydrogen-bond acceptors (Lipinski definition) is 4. The molecular weight excluding hydrogens is 423 g/mol. The van der Waals surface area contributed by atoms with Crippen LogP contribution < -0.4 is 4.74 Å². The third-order valence-corrected chi connectivity index (χ3v) is 6.13. The molecule has 2 atom stereocenters. The number of piperidine rings is 2. The fraction of sp³-hybridized carbons (Fsp3) is 0.417. The monoisotopic (exact) mass is 447 g/mol. The number of carbonyl (C=O) groups is 2. The van der Waals surface area contributed by atoms with E-state index in [9.17, 15) is 22.8 Å². The van der Waals surface area contributed by atoms with E-state index in [-0.39, 0.29) is 42.2 Å². The topological polar surface area (TPSA) is 55.8 Å². The molecule has 4 rings (SSSR count). The number of hydrogen-bond donors (Lipinski definition) is 0. The van der Waals surface area contributed by atoms with Crippen molar-refractivity contribution in [1.29, 1.82) is 0 Å². The maximum absolute atomic E-state index is 13.0. The quantitative estimate of drug-likeness (QED) is 0.549. The van der Waals surface area contributed by atoms with Crippen molar-refractivity contribution in [2.75, 3.05) is 0 Å². The molecule has 2 unspecified atom stereocenters. The Hall–Kier alpha value is -3.03. The molecule has 2 heterocycles. The van der Waals surface area contributed by atoms with Crippen LogP contribution in [0.5, 0.6) is 5.75 Å². The molecule has 0 N–H and O–H groups in total. The minimum atomic E-state index is -4.77. The van der Waals surface area contributed by atoms with Crippen LogP contribution in [0.4, 0.5) is 18.0 Å². The molecule has 2 bridgehead atoms. The number of alkyl halides is 3. The van der Waals surface area contributed by atoms with E-state index in [1.807, 2.05) is 30.3 Å². The maximum Gasteiger partial charge on any atom is 0.573 e. The summed E-state index contributed by atoms with van der Waals surface area (Å²) in [7, 11) is 0. The van der Waals surface area contributed by atoms with E-state index in [0.29, 0.717) is 18.4 Å². The second-order valence-corrected chi connectivity index (χ2v) is 8.29. The molecule has 2 aliphatic heterocycles. The Morgan fingerprint density at radius 2 is 1.56 bits per heavy atom. The van der Waals surface area contributed by atoms with Crippen molar-refractivity contribution in [3.63, 3.8) is 0 Å². The fourth-order valence-corrected chi connectivity index (χ4v) is 4.74. The summed E-state index contributed by atoms with van der Waals surface area (Å²) in [5.41, 5.74) is 1.26. The van der Waals surface area contributed by atoms with Gasteiger partial charge in [-0.3, -0.25) is 4.79 Å². The lowest BCUT2D eigenvalue weighted by Gasteiger charge is -2.47. The Kier molecular flexibility index (Phi) is 6.39. The van der Waals surface area contributed by atoms with E-state index < -0.39 is 6.36 Å². The van der Waals surface area contributed by atoms with Gasteiger partial charge in [-0.1, -0.05) is 30.3 Å². The fourth-order valence-electron chi connectivity index (χ4n) is 4.74. The van der Waals surface area contributed by atoms with Gasteiger partial charge in [-0.05, 0) is 61.9 Å². The van der Waals surface area contributed by atoms with E-state index in [4.69, 9.17) is 4.74 Å². The predicted octanol–water partition coefficient (Wildman–Crippen LogP) is 5.74. The molecule has 32 heavy (non-hydrogen) atoms. The number of nitrogens with zero attached hydrogens (tertiary/aromatic N) is 1. The lowest BCUT2D eigenvalue weighted by Crippen LogP contribution is -2.55. The van der Waals surface area contributed by atoms with Gasteiger partial charge < -0.3 is 14.4 Å². The molecule has 2 aromatic rings. The first-order valence-corrected chi connectivity index (χ1v) is 10.7. The zero-order valence-corrected chi connectivity index (χ0v) is 17.4. The van der Waals surface area contributed by atoms with Gasteiger partial charge in [0.1, 0.15) is 12.4 Å². The van der Waals surface area contributed by atoms with Gasteiger partial charge >= 0.3 is 12.5 Å². The second kappa shape index (κ2) is 9.22. The largest absolute Gasteiger partial charge is 0.573 e. The van der Waals surface area contributed by atoms with Gasteiger partial charge in [0.05, 0.1) is 0 Å². The Bertz CT molecular complexity index is 932. The second-order valence-electron chi connectivity index (χ2n) is 8.29. The SMILES string of the molecule is O=C(c1ccc(OC(F)(F)F)cc1)C1CC2CCCC(C1)N2C(=O)OCc1ccccc1. The first-order chi connectivity index (χ1) is 15.3. The van der Waals surface area contributed by atoms with Crippen molar-refractivity contribution >= 4 is 11.9 Å². The van der Waals surface area contributed by atoms with E-state index in [1.165, 1.54) is 12.1 Å². The van der Waals surface area contributed by atoms with E-state index in [2.05, 4.69) is 4.74 Å². The molecule has 5 nitrogen and oxygen atoms in total. The predicted molar refractivity (Wildman–Crippen MR) is 110 cm³/mol. The first-order valence-electron chi connectivity index (χ1n) is 10.7. The van der Waals surface area contributed by atoms with Crippen LogP contribution in [0, 0.1) is 5.92 Å². The van der Waals surface area contributed by atoms with Crippen molar-refractivity contribution < 1.29 is 32.2 Å². The molecule has 0 aromatic heterocycles. The Morgan fingerprint density at radius 1 is 0.938 bits per heavy atom. The highest BCUT2D eigenvalue weighted by Crippen LogP contribution is 2.39. The Labute approximate surface area is 184 Å². The van der Waals surface area contributed by atoms with E-state index in [1.54, 1.807) is 4.90 Å². The zero-order valence-electron chi connectivity index (χ0n) is 17.4. The van der Waals surface area contributed by atoms with Crippen molar-refractivity contribution in [3.8, 4) is 5.75 Å². The minimum absolute atomic E-state index is 0.0763. The van der Waals surface area contributed by atoms with Crippen LogP contribution in [0.2, 0.25) is 0 Å². The molecular formula is C24H24F3NO4. The summed E-state index contributed by atoms with van der Waals surface area (Å²) < 4.78 is 46.4. The molecule has 8 heteroatoms. The van der Waals surface area contributed by atoms with E-state index in [0.717, 1.165) is 37.0 Å². The normalized spacial score (nSPS) is 22.8. The van der Waals surface area contributed by atoms with Crippen LogP contribution in [-0.4, -0.2) is 35.2 Å². The molecule has 1 amide bonds. The number of ketones is 1. The van der Waals surface area contributed by atoms with Gasteiger partial charge in [0.2, 0.25) is 0 Å². The Balaban J connectivity index is 1.39. The number of fused-ring (bicyclic) bond motifs is 2. The van der Waals surface area contributed by atoms with Gasteiger partial charge in [-0.25, -0.2) is 4.79 Å². The summed E-state index contributed by atoms with van der Waals surface area (Å²) in [5, 5.41) is 0. The third kappa shape index (κ3) is 5.23. The number of benzene rings is 2. The summed E-state index contributed by atoms with van der Waals surface area (Å²) in [5.74, 6) is -0.752. The summed E-state index contributed by atoms with van der Waals surface area (Å²) in [6, 6.07) is 14.3. The molecule has 0 radical (unpaired) electrons. The highest BCUT2D eigenvalue weighted by atomic mass is 19.4. The third-order valence-electron chi connectivity index (χ3n) is 6.13. The van der Waals surface area contributed by atoms with Crippen molar-refractivity contribution in [2.45, 2.75) is 57.2 Å². The first kappa shape index (κ1) is 22.2. The van der Waals surface area contributed by atoms with Crippen LogP contribution in [0.3, 0.4) is 0 Å². The van der Waals surface area contributed by atoms with Crippen LogP contribution in [0.1, 0.15) is 48.0 Å². The van der Waals surface area contributed by atoms with Crippen LogP contribution >= 0.6 is 0 Å². The summed E-state index contributed by atoms with van der Waals surface area (Å²) in [4.78, 5) is 27.6. The molecule has 170 valence electrons. The van der Waals surface area contributed by atoms with Crippen LogP contribution in [0.25, 0.3) is 0 Å². The number of ether oxygens (including phenoxy) is 2. The van der Waals surface area contributed by atoms with Gasteiger partial charge in [0, 0.05) is 23.6 Å². The van der Waals surface area contributed by atoms with Crippen LogP contribution in [0.15, 0.2) is 54.6 Å². The lowest BCUT2D eigenvalue weighted by atomic mass is 9.76. The van der Waals surface area contributed by atoms with Gasteiger partial charge in [-0.15, -0.1) is 13.2 Å². The van der Waals surface area contributed by atoms with E-state index >= 15 is 0 Å². The standard InChI is InChI=1S/C24H24F3NO4/c25-24(26,27)32-21-11-9-17(10-12-21)22(29)18-13-19-7-4-8-20(14-18)28(19)23(30)31-15-16-5-2-1-3-6-16/h1-3,5-6,9-12,18-20H,4,7-8,13-15H2. The molecule has 2 saturated heterocycles. The lowest BCUT2D eigenvalue weighted by molar-refractivity contribution is -0.274. The highest BCUT2D eigenvalue weighted by Gasteiger charge is 2.43. The van der Waals surface area contributed by atoms with Gasteiger partial charge in [-0.2, -0.15) is 0 Å². The molecule has 2 aromatic carbocycles. The average Bonchev–Trinajstić information content (AvgIpc) is 2.76. The maximum atomic E-state index is 13.0. The number of halogens is 3. The molecule has 0 saturated carbocycles. The average molecular weight is 447 g/mol. The number of Topliss-reactive ketones (excluding diaryl/α,β-unsaturated/α-hetero) is 1. The van der Waals surface area contributed by atoms with Crippen molar-refractivity contribution in [2.24, 2.45) is 5.92 Å². The summed E-state index contributed by atoms with van der Waals surface area (Å²) in [6.45, 7) is 0.199. The number of rotatable bonds is 5. The molecule has 0 spiro atoms. The summed E-state index contributed by atoms with van der Waals surface area (Å²) >= 11 is 0. The molecule has 2 aliphatic rings. The minimum Gasteiger partial charge on any atom is -0.445 e. The molecule has 0 aliphatic carbocycles. The number of amides is 1.